The van der Waals surface area contributed by atoms with E-state index >= 15 is 0 Å². The lowest BCUT2D eigenvalue weighted by atomic mass is 9.93. The highest BCUT2D eigenvalue weighted by atomic mass is 35.5. The molecule has 0 spiro atoms. The molecule has 2 aromatic rings. The fourth-order valence-electron chi connectivity index (χ4n) is 3.22. The van der Waals surface area contributed by atoms with Crippen LogP contribution in [0.3, 0.4) is 0 Å². The first-order valence-electron chi connectivity index (χ1n) is 9.14. The van der Waals surface area contributed by atoms with Crippen molar-refractivity contribution in [3.63, 3.8) is 0 Å². The standard InChI is InChI=1S/C22H23ClN2O3/c1-16(26)25-11-10-17-6-3-4-9-20(17)21(25)15-22(27)24(2)12-13-28-19-8-5-7-18(23)14-19/h3-11,14,21H,12-13,15H2,1-2H3/t21-/m1/s1. The summed E-state index contributed by atoms with van der Waals surface area (Å²) in [5.41, 5.74) is 2.02. The Kier molecular flexibility index (Phi) is 6.37. The van der Waals surface area contributed by atoms with Crippen LogP contribution in [0.25, 0.3) is 6.08 Å². The molecule has 1 aliphatic rings. The SMILES string of the molecule is CC(=O)N1C=Cc2ccccc2[C@H]1CC(=O)N(C)CCOc1cccc(Cl)c1. The molecule has 0 N–H and O–H groups in total. The van der Waals surface area contributed by atoms with Crippen LogP contribution in [-0.2, 0) is 9.59 Å². The van der Waals surface area contributed by atoms with E-state index in [1.807, 2.05) is 42.5 Å². The summed E-state index contributed by atoms with van der Waals surface area (Å²) in [5, 5.41) is 0.607. The van der Waals surface area contributed by atoms with E-state index in [0.29, 0.717) is 23.9 Å². The summed E-state index contributed by atoms with van der Waals surface area (Å²) in [5.74, 6) is 0.536. The molecule has 3 rings (SSSR count). The Morgan fingerprint density at radius 3 is 2.71 bits per heavy atom. The molecule has 0 unspecified atom stereocenters. The van der Waals surface area contributed by atoms with E-state index in [4.69, 9.17) is 16.3 Å². The molecule has 0 radical (unpaired) electrons. The van der Waals surface area contributed by atoms with Crippen molar-refractivity contribution in [3.05, 3.63) is 70.9 Å². The van der Waals surface area contributed by atoms with Gasteiger partial charge < -0.3 is 14.5 Å². The van der Waals surface area contributed by atoms with Gasteiger partial charge in [0.25, 0.3) is 0 Å². The van der Waals surface area contributed by atoms with Crippen molar-refractivity contribution < 1.29 is 14.3 Å². The first kappa shape index (κ1) is 20.0. The van der Waals surface area contributed by atoms with Crippen LogP contribution >= 0.6 is 11.6 Å². The number of carbonyl (C=O) groups is 2. The molecule has 0 saturated carbocycles. The van der Waals surface area contributed by atoms with Gasteiger partial charge in [-0.15, -0.1) is 0 Å². The van der Waals surface area contributed by atoms with Gasteiger partial charge in [-0.3, -0.25) is 9.59 Å². The van der Waals surface area contributed by atoms with Crippen molar-refractivity contribution in [2.75, 3.05) is 20.2 Å². The number of rotatable bonds is 6. The Morgan fingerprint density at radius 1 is 1.18 bits per heavy atom. The van der Waals surface area contributed by atoms with Crippen molar-refractivity contribution in [3.8, 4) is 5.75 Å². The topological polar surface area (TPSA) is 49.9 Å². The highest BCUT2D eigenvalue weighted by Gasteiger charge is 2.29. The molecule has 2 aromatic carbocycles. The molecule has 0 aromatic heterocycles. The van der Waals surface area contributed by atoms with E-state index in [9.17, 15) is 9.59 Å². The van der Waals surface area contributed by atoms with Crippen molar-refractivity contribution in [1.29, 1.82) is 0 Å². The Morgan fingerprint density at radius 2 is 1.96 bits per heavy atom. The van der Waals surface area contributed by atoms with Gasteiger partial charge in [0.05, 0.1) is 19.0 Å². The third-order valence-corrected chi connectivity index (χ3v) is 4.99. The average molecular weight is 399 g/mol. The molecule has 5 nitrogen and oxygen atoms in total. The van der Waals surface area contributed by atoms with E-state index in [2.05, 4.69) is 0 Å². The number of hydrogen-bond acceptors (Lipinski definition) is 3. The zero-order chi connectivity index (χ0) is 20.1. The van der Waals surface area contributed by atoms with Gasteiger partial charge in [-0.05, 0) is 35.4 Å². The second kappa shape index (κ2) is 8.93. The number of benzene rings is 2. The van der Waals surface area contributed by atoms with Gasteiger partial charge in [-0.1, -0.05) is 41.9 Å². The minimum Gasteiger partial charge on any atom is -0.492 e. The van der Waals surface area contributed by atoms with Gasteiger partial charge in [0, 0.05) is 25.2 Å². The maximum absolute atomic E-state index is 12.8. The lowest BCUT2D eigenvalue weighted by Gasteiger charge is -2.33. The second-order valence-corrected chi connectivity index (χ2v) is 7.15. The molecule has 0 fully saturated rings. The molecule has 146 valence electrons. The quantitative estimate of drug-likeness (QED) is 0.734. The number of ether oxygens (including phenoxy) is 1. The van der Waals surface area contributed by atoms with Crippen LogP contribution in [-0.4, -0.2) is 41.8 Å². The van der Waals surface area contributed by atoms with Crippen molar-refractivity contribution in [2.45, 2.75) is 19.4 Å². The van der Waals surface area contributed by atoms with Gasteiger partial charge >= 0.3 is 0 Å². The zero-order valence-electron chi connectivity index (χ0n) is 16.0. The van der Waals surface area contributed by atoms with E-state index in [-0.39, 0.29) is 24.3 Å². The number of fused-ring (bicyclic) bond motifs is 1. The monoisotopic (exact) mass is 398 g/mol. The minimum atomic E-state index is -0.303. The summed E-state index contributed by atoms with van der Waals surface area (Å²) in [6.07, 6.45) is 3.87. The fraction of sp³-hybridized carbons (Fsp3) is 0.273. The van der Waals surface area contributed by atoms with E-state index in [0.717, 1.165) is 11.1 Å². The maximum Gasteiger partial charge on any atom is 0.224 e. The molecular formula is C22H23ClN2O3. The Bertz CT molecular complexity index is 897. The summed E-state index contributed by atoms with van der Waals surface area (Å²) in [6.45, 7) is 2.31. The summed E-state index contributed by atoms with van der Waals surface area (Å²) < 4.78 is 5.66. The van der Waals surface area contributed by atoms with Gasteiger partial charge in [0.15, 0.2) is 0 Å². The van der Waals surface area contributed by atoms with Gasteiger partial charge in [-0.25, -0.2) is 0 Å². The van der Waals surface area contributed by atoms with Crippen LogP contribution in [0, 0.1) is 0 Å². The Hall–Kier alpha value is -2.79. The predicted molar refractivity (Wildman–Crippen MR) is 110 cm³/mol. The first-order chi connectivity index (χ1) is 13.5. The minimum absolute atomic E-state index is 0.0453. The Labute approximate surface area is 170 Å². The van der Waals surface area contributed by atoms with Crippen molar-refractivity contribution >= 4 is 29.5 Å². The van der Waals surface area contributed by atoms with Crippen LogP contribution in [0.4, 0.5) is 0 Å². The molecular weight excluding hydrogens is 376 g/mol. The van der Waals surface area contributed by atoms with Crippen LogP contribution in [0.2, 0.25) is 5.02 Å². The van der Waals surface area contributed by atoms with Crippen LogP contribution in [0.15, 0.2) is 54.7 Å². The molecule has 2 amide bonds. The number of carbonyl (C=O) groups excluding carboxylic acids is 2. The highest BCUT2D eigenvalue weighted by Crippen LogP contribution is 2.33. The summed E-state index contributed by atoms with van der Waals surface area (Å²) in [4.78, 5) is 28.1. The molecule has 6 heteroatoms. The second-order valence-electron chi connectivity index (χ2n) is 6.71. The number of likely N-dealkylation sites (N-methyl/N-ethyl adjacent to an activating group) is 1. The fourth-order valence-corrected chi connectivity index (χ4v) is 3.40. The maximum atomic E-state index is 12.8. The number of nitrogens with zero attached hydrogens (tertiary/aromatic N) is 2. The first-order valence-corrected chi connectivity index (χ1v) is 9.52. The smallest absolute Gasteiger partial charge is 0.224 e. The molecule has 1 aliphatic heterocycles. The van der Waals surface area contributed by atoms with Crippen molar-refractivity contribution in [1.82, 2.24) is 9.80 Å². The summed E-state index contributed by atoms with van der Waals surface area (Å²) >= 11 is 5.94. The summed E-state index contributed by atoms with van der Waals surface area (Å²) in [7, 11) is 1.74. The van der Waals surface area contributed by atoms with Crippen LogP contribution < -0.4 is 4.74 Å². The average Bonchev–Trinajstić information content (AvgIpc) is 2.68. The predicted octanol–water partition coefficient (Wildman–Crippen LogP) is 4.14. The van der Waals surface area contributed by atoms with Gasteiger partial charge in [-0.2, -0.15) is 0 Å². The van der Waals surface area contributed by atoms with Gasteiger partial charge in [0.2, 0.25) is 11.8 Å². The Balaban J connectivity index is 1.62. The largest absolute Gasteiger partial charge is 0.492 e. The molecule has 0 aliphatic carbocycles. The van der Waals surface area contributed by atoms with Crippen LogP contribution in [0.1, 0.15) is 30.5 Å². The van der Waals surface area contributed by atoms with Crippen LogP contribution in [0.5, 0.6) is 5.75 Å². The van der Waals surface area contributed by atoms with E-state index in [1.165, 1.54) is 6.92 Å². The highest BCUT2D eigenvalue weighted by molar-refractivity contribution is 6.30. The van der Waals surface area contributed by atoms with Crippen molar-refractivity contribution in [2.24, 2.45) is 0 Å². The lowest BCUT2D eigenvalue weighted by molar-refractivity contribution is -0.134. The number of hydrogen-bond donors (Lipinski definition) is 0. The molecule has 0 bridgehead atoms. The molecule has 1 atom stereocenters. The number of amides is 2. The normalized spacial score (nSPS) is 15.1. The lowest BCUT2D eigenvalue weighted by Crippen LogP contribution is -2.37. The van der Waals surface area contributed by atoms with Gasteiger partial charge in [0.1, 0.15) is 12.4 Å². The molecule has 1 heterocycles. The van der Waals surface area contributed by atoms with E-state index < -0.39 is 0 Å². The van der Waals surface area contributed by atoms with E-state index in [1.54, 1.807) is 35.2 Å². The molecule has 0 saturated heterocycles. The molecule has 28 heavy (non-hydrogen) atoms. The third-order valence-electron chi connectivity index (χ3n) is 4.75. The number of halogens is 1. The zero-order valence-corrected chi connectivity index (χ0v) is 16.7. The third kappa shape index (κ3) is 4.73. The summed E-state index contributed by atoms with van der Waals surface area (Å²) in [6, 6.07) is 14.7.